The van der Waals surface area contributed by atoms with Crippen molar-refractivity contribution in [2.24, 2.45) is 0 Å². The van der Waals surface area contributed by atoms with E-state index >= 15 is 0 Å². The lowest BCUT2D eigenvalue weighted by Gasteiger charge is -1.99. The summed E-state index contributed by atoms with van der Waals surface area (Å²) in [6.07, 6.45) is 4.04. The molecule has 0 aliphatic rings. The largest absolute Gasteiger partial charge is 0.400 e. The molecule has 8 heavy (non-hydrogen) atoms. The molecule has 0 aromatic carbocycles. The molecule has 0 heterocycles. The van der Waals surface area contributed by atoms with Crippen molar-refractivity contribution in [3.05, 3.63) is 25.3 Å². The van der Waals surface area contributed by atoms with Crippen molar-refractivity contribution in [3.8, 4) is 0 Å². The van der Waals surface area contributed by atoms with Crippen molar-refractivity contribution in [2.45, 2.75) is 5.54 Å². The lowest BCUT2D eigenvalue weighted by atomic mass is 10.4. The normalized spacial score (nSPS) is 10.8. The zero-order chi connectivity index (χ0) is 6.41. The summed E-state index contributed by atoms with van der Waals surface area (Å²) in [5.74, 6) is 0. The molecule has 1 nitrogen and oxygen atoms in total. The maximum Gasteiger partial charge on any atom is 0.0633 e. The third-order valence-corrected chi connectivity index (χ3v) is 2.66. The Morgan fingerprint density at radius 3 is 2.12 bits per heavy atom. The van der Waals surface area contributed by atoms with E-state index in [2.05, 4.69) is 13.2 Å². The molecule has 0 saturated heterocycles. The van der Waals surface area contributed by atoms with Crippen LogP contribution >= 0.6 is 0 Å². The highest BCUT2D eigenvalue weighted by molar-refractivity contribution is 6.38. The highest BCUT2D eigenvalue weighted by Gasteiger charge is 1.94. The van der Waals surface area contributed by atoms with Crippen LogP contribution in [0, 0.1) is 0 Å². The zero-order valence-corrected chi connectivity index (χ0v) is 6.42. The Hall–Kier alpha value is -0.343. The Morgan fingerprint density at radius 2 is 2.00 bits per heavy atom. The Balaban J connectivity index is 3.35. The minimum atomic E-state index is -0.345. The minimum absolute atomic E-state index is 0.345. The molecule has 0 radical (unpaired) electrons. The molecule has 0 atom stereocenters. The fourth-order valence-corrected chi connectivity index (χ4v) is 1.25. The zero-order valence-electron chi connectivity index (χ0n) is 5.01. The van der Waals surface area contributed by atoms with E-state index in [1.807, 2.05) is 12.2 Å². The molecule has 0 fully saturated rings. The smallest absolute Gasteiger partial charge is 0.0633 e. The molecule has 0 rings (SSSR count). The number of allylic oxidation sites excluding steroid dienone is 2. The topological polar surface area (TPSA) is 20.2 Å². The fourth-order valence-electron chi connectivity index (χ4n) is 0.481. The molecule has 0 aromatic heterocycles. The van der Waals surface area contributed by atoms with Crippen LogP contribution in [0.3, 0.4) is 0 Å². The summed E-state index contributed by atoms with van der Waals surface area (Å²) in [4.78, 5) is 0. The van der Waals surface area contributed by atoms with Crippen LogP contribution in [0.2, 0.25) is 5.54 Å². The van der Waals surface area contributed by atoms with E-state index < -0.39 is 0 Å². The lowest BCUT2D eigenvalue weighted by Crippen LogP contribution is -2.02. The molecule has 0 amide bonds. The van der Waals surface area contributed by atoms with Gasteiger partial charge in [0.05, 0.1) is 9.52 Å². The van der Waals surface area contributed by atoms with Gasteiger partial charge in [-0.25, -0.2) is 0 Å². The molecule has 0 unspecified atom stereocenters. The molecule has 0 spiro atoms. The molecule has 1 N–H and O–H groups in total. The maximum atomic E-state index is 8.47. The Labute approximate surface area is 52.6 Å². The van der Waals surface area contributed by atoms with Gasteiger partial charge in [0.2, 0.25) is 0 Å². The first-order chi connectivity index (χ1) is 3.85. The molecule has 2 heteroatoms. The second-order valence-electron chi connectivity index (χ2n) is 1.65. The summed E-state index contributed by atoms with van der Waals surface area (Å²) < 4.78 is 0. The number of hydrogen-bond acceptors (Lipinski definition) is 1. The van der Waals surface area contributed by atoms with Crippen LogP contribution in [0.25, 0.3) is 0 Å². The first kappa shape index (κ1) is 7.66. The van der Waals surface area contributed by atoms with Gasteiger partial charge < -0.3 is 5.11 Å². The van der Waals surface area contributed by atoms with Gasteiger partial charge in [-0.15, -0.1) is 13.2 Å². The van der Waals surface area contributed by atoms with Gasteiger partial charge in [-0.2, -0.15) is 0 Å². The second kappa shape index (κ2) is 4.81. The summed E-state index contributed by atoms with van der Waals surface area (Å²) in [5, 5.41) is 8.47. The summed E-state index contributed by atoms with van der Waals surface area (Å²) in [6, 6.07) is 0. The SMILES string of the molecule is C=CC(C=C)[SiH2]CO. The van der Waals surface area contributed by atoms with Crippen molar-refractivity contribution >= 4 is 9.52 Å². The van der Waals surface area contributed by atoms with E-state index in [1.165, 1.54) is 0 Å². The van der Waals surface area contributed by atoms with Crippen LogP contribution in [0.5, 0.6) is 0 Å². The molecule has 0 aromatic rings. The van der Waals surface area contributed by atoms with E-state index in [9.17, 15) is 0 Å². The van der Waals surface area contributed by atoms with Gasteiger partial charge in [-0.1, -0.05) is 12.2 Å². The number of rotatable bonds is 4. The van der Waals surface area contributed by atoms with E-state index in [1.54, 1.807) is 0 Å². The summed E-state index contributed by atoms with van der Waals surface area (Å²) in [5.41, 5.74) is 0.417. The average molecular weight is 128 g/mol. The molecular formula is C6H12OSi. The van der Waals surface area contributed by atoms with Gasteiger partial charge in [0.25, 0.3) is 0 Å². The second-order valence-corrected chi connectivity index (χ2v) is 3.61. The van der Waals surface area contributed by atoms with E-state index in [4.69, 9.17) is 5.11 Å². The van der Waals surface area contributed by atoms with Crippen molar-refractivity contribution in [1.82, 2.24) is 0 Å². The average Bonchev–Trinajstić information content (AvgIpc) is 1.83. The van der Waals surface area contributed by atoms with Crippen LogP contribution in [0.1, 0.15) is 0 Å². The third-order valence-electron chi connectivity index (χ3n) is 1.07. The van der Waals surface area contributed by atoms with Gasteiger partial charge in [-0.3, -0.25) is 0 Å². The monoisotopic (exact) mass is 128 g/mol. The summed E-state index contributed by atoms with van der Waals surface area (Å²) in [6.45, 7) is 7.21. The molecule has 0 aliphatic carbocycles. The fraction of sp³-hybridized carbons (Fsp3) is 0.333. The maximum absolute atomic E-state index is 8.47. The Morgan fingerprint density at radius 1 is 1.50 bits per heavy atom. The highest BCUT2D eigenvalue weighted by atomic mass is 28.2. The standard InChI is InChI=1S/C6H12OSi/c1-3-6(4-2)8-5-7/h3-4,6-7H,1-2,5,8H2. The Kier molecular flexibility index (Phi) is 4.60. The molecular weight excluding hydrogens is 116 g/mol. The van der Waals surface area contributed by atoms with E-state index in [0.717, 1.165) is 0 Å². The molecule has 46 valence electrons. The van der Waals surface area contributed by atoms with E-state index in [0.29, 0.717) is 11.8 Å². The summed E-state index contributed by atoms with van der Waals surface area (Å²) >= 11 is 0. The lowest BCUT2D eigenvalue weighted by molar-refractivity contribution is 0.365. The quantitative estimate of drug-likeness (QED) is 0.425. The first-order valence-electron chi connectivity index (χ1n) is 2.71. The number of aliphatic hydroxyl groups excluding tert-OH is 1. The molecule has 0 bridgehead atoms. The van der Waals surface area contributed by atoms with Crippen LogP contribution in [0.15, 0.2) is 25.3 Å². The first-order valence-corrected chi connectivity index (χ1v) is 4.52. The van der Waals surface area contributed by atoms with Crippen molar-refractivity contribution in [3.63, 3.8) is 0 Å². The van der Waals surface area contributed by atoms with Crippen molar-refractivity contribution in [2.75, 3.05) is 6.23 Å². The van der Waals surface area contributed by atoms with Gasteiger partial charge in [0.1, 0.15) is 0 Å². The van der Waals surface area contributed by atoms with Crippen molar-refractivity contribution in [1.29, 1.82) is 0 Å². The number of hydrogen-bond donors (Lipinski definition) is 1. The molecule has 0 aliphatic heterocycles. The predicted octanol–water partition coefficient (Wildman–Crippen LogP) is 0.265. The van der Waals surface area contributed by atoms with Crippen LogP contribution in [0.4, 0.5) is 0 Å². The third kappa shape index (κ3) is 2.77. The predicted molar refractivity (Wildman–Crippen MR) is 39.8 cm³/mol. The van der Waals surface area contributed by atoms with Crippen LogP contribution in [-0.2, 0) is 0 Å². The Bertz CT molecular complexity index is 72.6. The van der Waals surface area contributed by atoms with Crippen LogP contribution in [-0.4, -0.2) is 20.9 Å². The highest BCUT2D eigenvalue weighted by Crippen LogP contribution is 2.02. The minimum Gasteiger partial charge on any atom is -0.400 e. The van der Waals surface area contributed by atoms with Crippen LogP contribution < -0.4 is 0 Å². The van der Waals surface area contributed by atoms with E-state index in [-0.39, 0.29) is 9.52 Å². The van der Waals surface area contributed by atoms with Crippen molar-refractivity contribution < 1.29 is 5.11 Å². The summed E-state index contributed by atoms with van der Waals surface area (Å²) in [7, 11) is -0.345. The number of aliphatic hydroxyl groups is 1. The van der Waals surface area contributed by atoms with Gasteiger partial charge in [0.15, 0.2) is 0 Å². The molecule has 0 saturated carbocycles. The van der Waals surface area contributed by atoms with Gasteiger partial charge >= 0.3 is 0 Å². The van der Waals surface area contributed by atoms with Gasteiger partial charge in [-0.05, 0) is 5.54 Å². The van der Waals surface area contributed by atoms with Gasteiger partial charge in [0, 0.05) is 6.23 Å².